The third-order valence-electron chi connectivity index (χ3n) is 5.53. The molecular weight excluding hydrogens is 380 g/mol. The van der Waals surface area contributed by atoms with Gasteiger partial charge >= 0.3 is 0 Å². The van der Waals surface area contributed by atoms with E-state index in [4.69, 9.17) is 4.98 Å². The molecule has 4 heterocycles. The first-order valence-electron chi connectivity index (χ1n) is 10.0. The zero-order chi connectivity index (χ0) is 21.0. The molecule has 1 aliphatic heterocycles. The van der Waals surface area contributed by atoms with Gasteiger partial charge in [0.05, 0.1) is 17.0 Å². The standard InChI is InChI=1S/C21H24N8O/c1-12(30)20-24-14(3)26-29(20)19-9-18(22-13(2)23-19)28-10-15(11-28)21-25-16-7-5-6-8-17(16)27(21)4/h5-9,12,15,30H,10-11H2,1-4H3. The number of aliphatic hydroxyl groups excluding tert-OH is 1. The van der Waals surface area contributed by atoms with Crippen LogP contribution in [0.5, 0.6) is 0 Å². The molecule has 0 saturated carbocycles. The van der Waals surface area contributed by atoms with E-state index in [9.17, 15) is 5.11 Å². The lowest BCUT2D eigenvalue weighted by Crippen LogP contribution is -2.46. The lowest BCUT2D eigenvalue weighted by atomic mass is 9.99. The van der Waals surface area contributed by atoms with Crippen molar-refractivity contribution >= 4 is 16.9 Å². The fourth-order valence-electron chi connectivity index (χ4n) is 4.04. The van der Waals surface area contributed by atoms with Crippen LogP contribution in [0.1, 0.15) is 42.2 Å². The van der Waals surface area contributed by atoms with Crippen molar-refractivity contribution in [2.75, 3.05) is 18.0 Å². The van der Waals surface area contributed by atoms with Gasteiger partial charge in [-0.2, -0.15) is 4.68 Å². The monoisotopic (exact) mass is 404 g/mol. The molecule has 1 aliphatic rings. The Morgan fingerprint density at radius 2 is 1.73 bits per heavy atom. The Morgan fingerprint density at radius 3 is 2.47 bits per heavy atom. The van der Waals surface area contributed by atoms with E-state index in [0.717, 1.165) is 35.8 Å². The molecule has 0 aliphatic carbocycles. The maximum atomic E-state index is 10.0. The van der Waals surface area contributed by atoms with Gasteiger partial charge in [0.25, 0.3) is 0 Å². The molecule has 1 N–H and O–H groups in total. The highest BCUT2D eigenvalue weighted by Gasteiger charge is 2.33. The second-order valence-corrected chi connectivity index (χ2v) is 7.86. The summed E-state index contributed by atoms with van der Waals surface area (Å²) in [6.07, 6.45) is -0.740. The maximum Gasteiger partial charge on any atom is 0.162 e. The smallest absolute Gasteiger partial charge is 0.162 e. The van der Waals surface area contributed by atoms with Crippen molar-refractivity contribution in [2.45, 2.75) is 32.8 Å². The van der Waals surface area contributed by atoms with Gasteiger partial charge in [0.2, 0.25) is 0 Å². The van der Waals surface area contributed by atoms with E-state index in [1.54, 1.807) is 18.5 Å². The van der Waals surface area contributed by atoms with Gasteiger partial charge in [0.15, 0.2) is 11.6 Å². The number of benzene rings is 1. The Balaban J connectivity index is 1.42. The third-order valence-corrected chi connectivity index (χ3v) is 5.53. The van der Waals surface area contributed by atoms with Crippen LogP contribution in [0.2, 0.25) is 0 Å². The molecule has 154 valence electrons. The van der Waals surface area contributed by atoms with Gasteiger partial charge in [-0.1, -0.05) is 12.1 Å². The Morgan fingerprint density at radius 1 is 1.00 bits per heavy atom. The lowest BCUT2D eigenvalue weighted by molar-refractivity contribution is 0.186. The summed E-state index contributed by atoms with van der Waals surface area (Å²) in [4.78, 5) is 20.5. The number of imidazole rings is 1. The van der Waals surface area contributed by atoms with Gasteiger partial charge in [0.1, 0.15) is 29.4 Å². The molecule has 1 unspecified atom stereocenters. The average molecular weight is 404 g/mol. The van der Waals surface area contributed by atoms with E-state index < -0.39 is 6.10 Å². The van der Waals surface area contributed by atoms with Crippen LogP contribution >= 0.6 is 0 Å². The minimum absolute atomic E-state index is 0.350. The van der Waals surface area contributed by atoms with Crippen LogP contribution in [-0.4, -0.2) is 52.5 Å². The fourth-order valence-corrected chi connectivity index (χ4v) is 4.04. The van der Waals surface area contributed by atoms with E-state index in [2.05, 4.69) is 48.7 Å². The zero-order valence-corrected chi connectivity index (χ0v) is 17.5. The molecule has 1 aromatic carbocycles. The molecule has 0 radical (unpaired) electrons. The fraction of sp³-hybridized carbons (Fsp3) is 0.381. The van der Waals surface area contributed by atoms with Crippen molar-refractivity contribution in [3.8, 4) is 5.82 Å². The van der Waals surface area contributed by atoms with E-state index in [1.165, 1.54) is 0 Å². The van der Waals surface area contributed by atoms with Gasteiger partial charge in [-0.3, -0.25) is 0 Å². The number of rotatable bonds is 4. The molecular formula is C21H24N8O. The van der Waals surface area contributed by atoms with Crippen molar-refractivity contribution in [3.05, 3.63) is 53.6 Å². The number of aromatic nitrogens is 7. The van der Waals surface area contributed by atoms with Crippen LogP contribution in [0, 0.1) is 13.8 Å². The highest BCUT2D eigenvalue weighted by molar-refractivity contribution is 5.76. The van der Waals surface area contributed by atoms with Gasteiger partial charge in [-0.15, -0.1) is 5.10 Å². The van der Waals surface area contributed by atoms with E-state index in [-0.39, 0.29) is 0 Å². The van der Waals surface area contributed by atoms with E-state index in [0.29, 0.717) is 29.2 Å². The average Bonchev–Trinajstić information content (AvgIpc) is 3.22. The topological polar surface area (TPSA) is 97.8 Å². The van der Waals surface area contributed by atoms with Crippen LogP contribution in [0.15, 0.2) is 30.3 Å². The van der Waals surface area contributed by atoms with Crippen LogP contribution in [0.25, 0.3) is 16.9 Å². The minimum atomic E-state index is -0.740. The molecule has 1 atom stereocenters. The van der Waals surface area contributed by atoms with Gasteiger partial charge < -0.3 is 14.6 Å². The van der Waals surface area contributed by atoms with Gasteiger partial charge in [-0.25, -0.2) is 19.9 Å². The summed E-state index contributed by atoms with van der Waals surface area (Å²) in [5, 5.41) is 14.5. The van der Waals surface area contributed by atoms with Crippen LogP contribution in [0.3, 0.4) is 0 Å². The number of para-hydroxylation sites is 2. The van der Waals surface area contributed by atoms with Crippen LogP contribution in [-0.2, 0) is 7.05 Å². The van der Waals surface area contributed by atoms with Crippen molar-refractivity contribution in [1.82, 2.24) is 34.3 Å². The number of hydrogen-bond acceptors (Lipinski definition) is 7. The molecule has 9 nitrogen and oxygen atoms in total. The Kier molecular flexibility index (Phi) is 4.28. The summed E-state index contributed by atoms with van der Waals surface area (Å²) in [6, 6.07) is 10.1. The molecule has 0 amide bonds. The summed E-state index contributed by atoms with van der Waals surface area (Å²) in [5.41, 5.74) is 2.18. The molecule has 3 aromatic heterocycles. The number of hydrogen-bond donors (Lipinski definition) is 1. The first-order chi connectivity index (χ1) is 14.4. The van der Waals surface area contributed by atoms with E-state index in [1.807, 2.05) is 25.1 Å². The molecule has 1 fully saturated rings. The quantitative estimate of drug-likeness (QED) is 0.557. The molecule has 1 saturated heterocycles. The van der Waals surface area contributed by atoms with Gasteiger partial charge in [-0.05, 0) is 32.9 Å². The van der Waals surface area contributed by atoms with Crippen molar-refractivity contribution in [3.63, 3.8) is 0 Å². The Bertz CT molecular complexity index is 1240. The highest BCUT2D eigenvalue weighted by Crippen LogP contribution is 2.32. The summed E-state index contributed by atoms with van der Waals surface area (Å²) < 4.78 is 3.78. The summed E-state index contributed by atoms with van der Waals surface area (Å²) in [5.74, 6) is 4.62. The minimum Gasteiger partial charge on any atom is -0.385 e. The maximum absolute atomic E-state index is 10.0. The largest absolute Gasteiger partial charge is 0.385 e. The molecule has 30 heavy (non-hydrogen) atoms. The number of anilines is 1. The molecule has 5 rings (SSSR count). The summed E-state index contributed by atoms with van der Waals surface area (Å²) >= 11 is 0. The van der Waals surface area contributed by atoms with Crippen LogP contribution in [0.4, 0.5) is 5.82 Å². The number of aliphatic hydroxyl groups is 1. The first-order valence-corrected chi connectivity index (χ1v) is 10.0. The predicted octanol–water partition coefficient (Wildman–Crippen LogP) is 2.22. The summed E-state index contributed by atoms with van der Waals surface area (Å²) in [7, 11) is 2.07. The number of nitrogens with zero attached hydrogens (tertiary/aromatic N) is 8. The normalized spacial score (nSPS) is 15.6. The summed E-state index contributed by atoms with van der Waals surface area (Å²) in [6.45, 7) is 7.01. The molecule has 4 aromatic rings. The number of aryl methyl sites for hydroxylation is 3. The van der Waals surface area contributed by atoms with Crippen LogP contribution < -0.4 is 4.90 Å². The predicted molar refractivity (Wildman–Crippen MR) is 113 cm³/mol. The SMILES string of the molecule is Cc1nc(N2CC(c3nc4ccccc4n3C)C2)cc(-n2nc(C)nc2C(C)O)n1. The number of fused-ring (bicyclic) bond motifs is 1. The lowest BCUT2D eigenvalue weighted by Gasteiger charge is -2.39. The Labute approximate surface area is 174 Å². The van der Waals surface area contributed by atoms with Crippen molar-refractivity contribution in [1.29, 1.82) is 0 Å². The zero-order valence-electron chi connectivity index (χ0n) is 17.5. The second-order valence-electron chi connectivity index (χ2n) is 7.86. The van der Waals surface area contributed by atoms with E-state index >= 15 is 0 Å². The Hall–Kier alpha value is -3.33. The second kappa shape index (κ2) is 6.88. The third kappa shape index (κ3) is 3.02. The van der Waals surface area contributed by atoms with Crippen molar-refractivity contribution in [2.24, 2.45) is 7.05 Å². The highest BCUT2D eigenvalue weighted by atomic mass is 16.3. The van der Waals surface area contributed by atoms with Crippen molar-refractivity contribution < 1.29 is 5.11 Å². The first kappa shape index (κ1) is 18.7. The molecule has 0 spiro atoms. The molecule has 9 heteroatoms. The van der Waals surface area contributed by atoms with Gasteiger partial charge in [0, 0.05) is 26.2 Å². The molecule has 0 bridgehead atoms.